The summed E-state index contributed by atoms with van der Waals surface area (Å²) in [5, 5.41) is 31.9. The van der Waals surface area contributed by atoms with Gasteiger partial charge in [-0.05, 0) is 93.2 Å². The number of aromatic hydroxyl groups is 3. The van der Waals surface area contributed by atoms with Gasteiger partial charge in [-0.25, -0.2) is 4.79 Å². The highest BCUT2D eigenvalue weighted by Gasteiger charge is 2.81. The number of hydrogen-bond acceptors (Lipinski definition) is 10. The maximum absolute atomic E-state index is 14.9. The van der Waals surface area contributed by atoms with Gasteiger partial charge in [0.05, 0.1) is 11.2 Å². The SMILES string of the molecule is CC(C)=CCCC1(C)C=Cc2c(O)c3c(c(CC=C(C)C)c2O1)OC12C(=CC4CC1C(C)(C)OC2(CC=C(C)C(=O)On1c(O)ccc1O)C4=O)C3=O. The van der Waals surface area contributed by atoms with Crippen molar-refractivity contribution < 1.29 is 48.8 Å². The van der Waals surface area contributed by atoms with Gasteiger partial charge in [-0.1, -0.05) is 35.5 Å². The molecule has 53 heavy (non-hydrogen) atoms. The molecule has 5 atom stereocenters. The predicted octanol–water partition coefficient (Wildman–Crippen LogP) is 7.02. The maximum Gasteiger partial charge on any atom is 0.359 e. The number of carbonyl (C=O) groups is 3. The van der Waals surface area contributed by atoms with Gasteiger partial charge >= 0.3 is 5.97 Å². The van der Waals surface area contributed by atoms with Gasteiger partial charge in [-0.2, -0.15) is 0 Å². The van der Waals surface area contributed by atoms with Crippen LogP contribution in [0.15, 0.2) is 64.8 Å². The molecule has 4 bridgehead atoms. The number of allylic oxidation sites excluding steroid dienone is 5. The van der Waals surface area contributed by atoms with Crippen molar-refractivity contribution in [2.24, 2.45) is 11.8 Å². The third-order valence-electron chi connectivity index (χ3n) is 11.4. The van der Waals surface area contributed by atoms with Crippen molar-refractivity contribution in [1.29, 1.82) is 0 Å². The van der Waals surface area contributed by atoms with Crippen LogP contribution in [0.4, 0.5) is 0 Å². The number of phenols is 1. The largest absolute Gasteiger partial charge is 0.506 e. The van der Waals surface area contributed by atoms with Gasteiger partial charge in [0.2, 0.25) is 11.8 Å². The van der Waals surface area contributed by atoms with Crippen LogP contribution in [0, 0.1) is 11.8 Å². The summed E-state index contributed by atoms with van der Waals surface area (Å²) in [6.07, 6.45) is 13.1. The average molecular weight is 726 g/mol. The van der Waals surface area contributed by atoms with Crippen LogP contribution in [0.3, 0.4) is 0 Å². The predicted molar refractivity (Wildman–Crippen MR) is 196 cm³/mol. The van der Waals surface area contributed by atoms with Crippen LogP contribution in [-0.2, 0) is 20.7 Å². The zero-order valence-corrected chi connectivity index (χ0v) is 31.5. The van der Waals surface area contributed by atoms with Crippen LogP contribution < -0.4 is 14.3 Å². The van der Waals surface area contributed by atoms with Crippen LogP contribution in [0.1, 0.15) is 103 Å². The summed E-state index contributed by atoms with van der Waals surface area (Å²) in [4.78, 5) is 47.9. The molecule has 0 radical (unpaired) electrons. The number of benzene rings is 1. The molecule has 3 N–H and O–H groups in total. The molecule has 6 aliphatic rings. The zero-order chi connectivity index (χ0) is 38.4. The minimum absolute atomic E-state index is 0.0215. The Morgan fingerprint density at radius 2 is 1.64 bits per heavy atom. The van der Waals surface area contributed by atoms with E-state index in [2.05, 4.69) is 6.08 Å². The Hall–Kier alpha value is -5.03. The van der Waals surface area contributed by atoms with E-state index in [1.165, 1.54) is 30.7 Å². The van der Waals surface area contributed by atoms with Crippen molar-refractivity contribution in [3.8, 4) is 29.0 Å². The van der Waals surface area contributed by atoms with Crippen LogP contribution in [0.2, 0.25) is 0 Å². The molecule has 2 fully saturated rings. The lowest BCUT2D eigenvalue weighted by atomic mass is 9.51. The smallest absolute Gasteiger partial charge is 0.359 e. The van der Waals surface area contributed by atoms with E-state index < -0.39 is 57.8 Å². The summed E-state index contributed by atoms with van der Waals surface area (Å²) < 4.78 is 21.4. The number of ketones is 2. The monoisotopic (exact) mass is 725 g/mol. The zero-order valence-electron chi connectivity index (χ0n) is 31.5. The number of carbonyl (C=O) groups excluding carboxylic acids is 3. The van der Waals surface area contributed by atoms with Crippen molar-refractivity contribution in [3.05, 3.63) is 81.5 Å². The molecule has 1 saturated carbocycles. The second-order valence-corrected chi connectivity index (χ2v) is 16.2. The lowest BCUT2D eigenvalue weighted by Gasteiger charge is -2.56. The highest BCUT2D eigenvalue weighted by molar-refractivity contribution is 6.19. The van der Waals surface area contributed by atoms with Gasteiger partial charge < -0.3 is 34.4 Å². The summed E-state index contributed by atoms with van der Waals surface area (Å²) in [5.41, 5.74) is -1.41. The normalized spacial score (nSPS) is 28.6. The van der Waals surface area contributed by atoms with E-state index in [4.69, 9.17) is 19.0 Å². The molecule has 5 unspecified atom stereocenters. The fraction of sp³-hybridized carbons (Fsp3) is 0.452. The third kappa shape index (κ3) is 5.37. The highest BCUT2D eigenvalue weighted by Crippen LogP contribution is 2.68. The van der Waals surface area contributed by atoms with E-state index in [9.17, 15) is 29.7 Å². The molecule has 4 heterocycles. The topological polar surface area (TPSA) is 154 Å². The maximum atomic E-state index is 14.9. The first-order chi connectivity index (χ1) is 24.9. The second-order valence-electron chi connectivity index (χ2n) is 16.2. The summed E-state index contributed by atoms with van der Waals surface area (Å²) in [6.45, 7) is 15.3. The Morgan fingerprint density at radius 3 is 2.30 bits per heavy atom. The number of fused-ring (bicyclic) bond motifs is 2. The quantitative estimate of drug-likeness (QED) is 0.182. The van der Waals surface area contributed by atoms with Crippen LogP contribution in [0.25, 0.3) is 6.08 Å². The lowest BCUT2D eigenvalue weighted by molar-refractivity contribution is -0.171. The number of phenolic OH excluding ortho intramolecular Hbond substituents is 1. The summed E-state index contributed by atoms with van der Waals surface area (Å²) in [7, 11) is 0. The number of nitrogens with zero attached hydrogens (tertiary/aromatic N) is 1. The Labute approximate surface area is 308 Å². The molecule has 11 nitrogen and oxygen atoms in total. The highest BCUT2D eigenvalue weighted by atomic mass is 16.7. The first-order valence-electron chi connectivity index (χ1n) is 18.1. The second kappa shape index (κ2) is 12.3. The number of hydrogen-bond donors (Lipinski definition) is 3. The standard InChI is InChI=1S/C42H47NO10/c1-22(2)10-9-17-40(8)18-16-26-33(46)32-34(47)28-20-25-21-29-39(6,7)53-41(37(25)48,19-15-24(5)38(49)52-43-30(44)13-14-31(43)45)42(28,29)51-36(32)27(35(26)50-40)12-11-23(3)4/h10-11,13-16,18,20,25,29,44-46H,9,12,17,19,21H2,1-8H3. The van der Waals surface area contributed by atoms with Crippen molar-refractivity contribution in [1.82, 2.24) is 4.73 Å². The van der Waals surface area contributed by atoms with Crippen LogP contribution >= 0.6 is 0 Å². The first kappa shape index (κ1) is 36.3. The number of aromatic nitrogens is 1. The minimum atomic E-state index is -1.72. The molecule has 1 spiro atoms. The fourth-order valence-electron chi connectivity index (χ4n) is 8.82. The van der Waals surface area contributed by atoms with E-state index in [-0.39, 0.29) is 40.4 Å². The molecule has 0 amide bonds. The molecular weight excluding hydrogens is 678 g/mol. The molecule has 3 aliphatic heterocycles. The molecule has 8 rings (SSSR count). The molecule has 280 valence electrons. The van der Waals surface area contributed by atoms with Gasteiger partial charge in [-0.15, -0.1) is 4.73 Å². The first-order valence-corrected chi connectivity index (χ1v) is 18.1. The Bertz CT molecular complexity index is 2100. The minimum Gasteiger partial charge on any atom is -0.506 e. The van der Waals surface area contributed by atoms with E-state index in [0.29, 0.717) is 40.9 Å². The Morgan fingerprint density at radius 1 is 0.962 bits per heavy atom. The third-order valence-corrected chi connectivity index (χ3v) is 11.4. The summed E-state index contributed by atoms with van der Waals surface area (Å²) >= 11 is 0. The number of Topliss-reactive ketones (excluding diaryl/α,β-unsaturated/α-hetero) is 2. The van der Waals surface area contributed by atoms with Crippen LogP contribution in [-0.4, -0.2) is 60.0 Å². The Kier molecular flexibility index (Phi) is 8.41. The van der Waals surface area contributed by atoms with Gasteiger partial charge in [0.1, 0.15) is 28.4 Å². The molecule has 3 aliphatic carbocycles. The number of ether oxygens (including phenoxy) is 3. The molecule has 11 heteroatoms. The van der Waals surface area contributed by atoms with Crippen molar-refractivity contribution >= 4 is 23.6 Å². The van der Waals surface area contributed by atoms with Crippen LogP contribution in [0.5, 0.6) is 29.0 Å². The van der Waals surface area contributed by atoms with Gasteiger partial charge in [0, 0.05) is 47.1 Å². The number of rotatable bonds is 9. The summed E-state index contributed by atoms with van der Waals surface area (Å²) in [6, 6.07) is 2.34. The van der Waals surface area contributed by atoms with Gasteiger partial charge in [0.15, 0.2) is 22.8 Å². The van der Waals surface area contributed by atoms with Gasteiger partial charge in [-0.3, -0.25) is 9.59 Å². The van der Waals surface area contributed by atoms with E-state index >= 15 is 0 Å². The molecule has 1 saturated heterocycles. The average Bonchev–Trinajstić information content (AvgIpc) is 3.47. The molecule has 2 aromatic rings. The lowest BCUT2D eigenvalue weighted by Crippen LogP contribution is -2.72. The van der Waals surface area contributed by atoms with Crippen molar-refractivity contribution in [3.63, 3.8) is 0 Å². The molecule has 1 aromatic carbocycles. The van der Waals surface area contributed by atoms with Gasteiger partial charge in [0.25, 0.3) is 0 Å². The molecule has 1 aromatic heterocycles. The van der Waals surface area contributed by atoms with Crippen molar-refractivity contribution in [2.45, 2.75) is 110 Å². The van der Waals surface area contributed by atoms with E-state index in [1.807, 2.05) is 66.7 Å². The van der Waals surface area contributed by atoms with Crippen molar-refractivity contribution in [2.75, 3.05) is 0 Å². The van der Waals surface area contributed by atoms with E-state index in [0.717, 1.165) is 12.0 Å². The summed E-state index contributed by atoms with van der Waals surface area (Å²) in [5.74, 6) is -3.32. The fourth-order valence-corrected chi connectivity index (χ4v) is 8.82. The molecular formula is C42H47NO10. The Balaban J connectivity index is 1.37. The van der Waals surface area contributed by atoms with E-state index in [1.54, 1.807) is 6.08 Å².